The lowest BCUT2D eigenvalue weighted by molar-refractivity contribution is 0.594. The first kappa shape index (κ1) is 12.5. The minimum atomic E-state index is 0.714. The van der Waals surface area contributed by atoms with Crippen molar-refractivity contribution in [3.05, 3.63) is 23.8 Å². The molecule has 0 aromatic carbocycles. The quantitative estimate of drug-likeness (QED) is 0.519. The summed E-state index contributed by atoms with van der Waals surface area (Å²) in [6, 6.07) is 0. The Morgan fingerprint density at radius 1 is 1.38 bits per heavy atom. The van der Waals surface area contributed by atoms with Crippen molar-refractivity contribution >= 4 is 0 Å². The van der Waals surface area contributed by atoms with Crippen LogP contribution in [0.5, 0.6) is 0 Å². The molecule has 0 nitrogen and oxygen atoms in total. The highest BCUT2D eigenvalue weighted by atomic mass is 14.1. The van der Waals surface area contributed by atoms with Crippen molar-refractivity contribution in [1.29, 1.82) is 0 Å². The molecule has 0 amide bonds. The lowest BCUT2D eigenvalue weighted by Crippen LogP contribution is -1.93. The van der Waals surface area contributed by atoms with Crippen LogP contribution < -0.4 is 0 Å². The van der Waals surface area contributed by atoms with Crippen LogP contribution >= 0.6 is 0 Å². The summed E-state index contributed by atoms with van der Waals surface area (Å²) in [5, 5.41) is 0. The van der Waals surface area contributed by atoms with Crippen molar-refractivity contribution in [1.82, 2.24) is 0 Å². The van der Waals surface area contributed by atoms with Crippen LogP contribution in [0.15, 0.2) is 23.8 Å². The fraction of sp³-hybridized carbons (Fsp3) is 0.692. The van der Waals surface area contributed by atoms with E-state index in [0.717, 1.165) is 6.42 Å². The van der Waals surface area contributed by atoms with E-state index in [4.69, 9.17) is 0 Å². The Bertz CT molecular complexity index is 174. The van der Waals surface area contributed by atoms with E-state index >= 15 is 0 Å². The summed E-state index contributed by atoms with van der Waals surface area (Å²) in [4.78, 5) is 0. The largest absolute Gasteiger partial charge is 0.0958 e. The minimum Gasteiger partial charge on any atom is -0.0958 e. The summed E-state index contributed by atoms with van der Waals surface area (Å²) in [7, 11) is 0. The van der Waals surface area contributed by atoms with Gasteiger partial charge in [-0.2, -0.15) is 0 Å². The lowest BCUT2D eigenvalue weighted by atomic mass is 9.97. The molecule has 0 fully saturated rings. The summed E-state index contributed by atoms with van der Waals surface area (Å²) in [6.45, 7) is 12.8. The van der Waals surface area contributed by atoms with Crippen LogP contribution in [0.4, 0.5) is 0 Å². The van der Waals surface area contributed by atoms with Crippen molar-refractivity contribution in [3.63, 3.8) is 0 Å². The molecule has 0 aromatic heterocycles. The maximum atomic E-state index is 3.99. The van der Waals surface area contributed by atoms with E-state index in [1.54, 1.807) is 0 Å². The third-order valence-corrected chi connectivity index (χ3v) is 2.43. The molecule has 0 saturated carbocycles. The first-order chi connectivity index (χ1) is 6.11. The topological polar surface area (TPSA) is 0 Å². The van der Waals surface area contributed by atoms with Gasteiger partial charge in [-0.1, -0.05) is 51.8 Å². The van der Waals surface area contributed by atoms with Gasteiger partial charge in [-0.3, -0.25) is 0 Å². The smallest absolute Gasteiger partial charge is 0.0256 e. The molecule has 0 bridgehead atoms. The van der Waals surface area contributed by atoms with Crippen LogP contribution in [0.2, 0.25) is 0 Å². The van der Waals surface area contributed by atoms with E-state index in [9.17, 15) is 0 Å². The van der Waals surface area contributed by atoms with Gasteiger partial charge in [-0.25, -0.2) is 0 Å². The second-order valence-corrected chi connectivity index (χ2v) is 3.95. The first-order valence-electron chi connectivity index (χ1n) is 5.48. The van der Waals surface area contributed by atoms with Gasteiger partial charge in [0.15, 0.2) is 0 Å². The summed E-state index contributed by atoms with van der Waals surface area (Å²) in [5.41, 5.74) is 2.66. The molecular formula is C13H24. The van der Waals surface area contributed by atoms with Crippen LogP contribution in [0.25, 0.3) is 0 Å². The maximum Gasteiger partial charge on any atom is -0.0256 e. The Balaban J connectivity index is 4.08. The average Bonchev–Trinajstić information content (AvgIpc) is 2.10. The summed E-state index contributed by atoms with van der Waals surface area (Å²) in [6.07, 6.45) is 7.45. The molecule has 0 heterocycles. The highest BCUT2D eigenvalue weighted by molar-refractivity contribution is 5.26. The molecule has 0 aliphatic carbocycles. The zero-order valence-corrected chi connectivity index (χ0v) is 9.69. The predicted molar refractivity (Wildman–Crippen MR) is 61.9 cm³/mol. The van der Waals surface area contributed by atoms with Crippen LogP contribution in [0.1, 0.15) is 53.4 Å². The molecule has 0 aliphatic rings. The molecule has 0 N–H and O–H groups in total. The second-order valence-electron chi connectivity index (χ2n) is 3.95. The summed E-state index contributed by atoms with van der Waals surface area (Å²) in [5.74, 6) is 0.714. The van der Waals surface area contributed by atoms with Gasteiger partial charge >= 0.3 is 0 Å². The summed E-state index contributed by atoms with van der Waals surface area (Å²) >= 11 is 0. The fourth-order valence-electron chi connectivity index (χ4n) is 1.51. The molecule has 0 aromatic rings. The van der Waals surface area contributed by atoms with Crippen LogP contribution in [-0.2, 0) is 0 Å². The molecule has 1 atom stereocenters. The van der Waals surface area contributed by atoms with Gasteiger partial charge in [0.2, 0.25) is 0 Å². The number of allylic oxidation sites excluding steroid dienone is 3. The molecule has 0 spiro atoms. The zero-order valence-electron chi connectivity index (χ0n) is 9.69. The summed E-state index contributed by atoms with van der Waals surface area (Å²) < 4.78 is 0. The van der Waals surface area contributed by atoms with Crippen molar-refractivity contribution < 1.29 is 0 Å². The zero-order chi connectivity index (χ0) is 10.3. The molecule has 0 rings (SSSR count). The van der Waals surface area contributed by atoms with Gasteiger partial charge in [-0.15, -0.1) is 0 Å². The predicted octanol–water partition coefficient (Wildman–Crippen LogP) is 4.73. The van der Waals surface area contributed by atoms with Gasteiger partial charge in [0.05, 0.1) is 0 Å². The second kappa shape index (κ2) is 6.94. The van der Waals surface area contributed by atoms with Crippen molar-refractivity contribution in [2.75, 3.05) is 0 Å². The molecule has 0 heteroatoms. The molecular weight excluding hydrogens is 156 g/mol. The van der Waals surface area contributed by atoms with Gasteiger partial charge < -0.3 is 0 Å². The average molecular weight is 180 g/mol. The standard InChI is InChI=1S/C13H24/c1-6-8-9-12(5)10-13(7-2)11(3)4/h10,12H,3,6-9H2,1-2,4-5H3/b13-10-. The Morgan fingerprint density at radius 3 is 2.38 bits per heavy atom. The molecule has 0 aliphatic heterocycles. The van der Waals surface area contributed by atoms with Crippen molar-refractivity contribution in [2.24, 2.45) is 5.92 Å². The van der Waals surface area contributed by atoms with Crippen LogP contribution in [-0.4, -0.2) is 0 Å². The van der Waals surface area contributed by atoms with E-state index in [-0.39, 0.29) is 0 Å². The SMILES string of the molecule is C=C(C)/C(=C\C(C)CCCC)CC. The van der Waals surface area contributed by atoms with Gasteiger partial charge in [0, 0.05) is 0 Å². The van der Waals surface area contributed by atoms with E-state index < -0.39 is 0 Å². The minimum absolute atomic E-state index is 0.714. The Hall–Kier alpha value is -0.520. The molecule has 1 unspecified atom stereocenters. The normalized spacial score (nSPS) is 14.3. The molecule has 13 heavy (non-hydrogen) atoms. The van der Waals surface area contributed by atoms with Crippen LogP contribution in [0.3, 0.4) is 0 Å². The van der Waals surface area contributed by atoms with Crippen molar-refractivity contribution in [2.45, 2.75) is 53.4 Å². The molecule has 0 radical (unpaired) electrons. The number of rotatable bonds is 6. The Labute approximate surface area is 83.7 Å². The lowest BCUT2D eigenvalue weighted by Gasteiger charge is -2.09. The highest BCUT2D eigenvalue weighted by Crippen LogP contribution is 2.17. The van der Waals surface area contributed by atoms with E-state index in [1.807, 2.05) is 0 Å². The molecule has 0 saturated heterocycles. The van der Waals surface area contributed by atoms with Gasteiger partial charge in [-0.05, 0) is 31.3 Å². The third-order valence-electron chi connectivity index (χ3n) is 2.43. The first-order valence-corrected chi connectivity index (χ1v) is 5.48. The number of hydrogen-bond donors (Lipinski definition) is 0. The highest BCUT2D eigenvalue weighted by Gasteiger charge is 2.00. The van der Waals surface area contributed by atoms with E-state index in [2.05, 4.69) is 40.3 Å². The fourth-order valence-corrected chi connectivity index (χ4v) is 1.51. The number of hydrogen-bond acceptors (Lipinski definition) is 0. The monoisotopic (exact) mass is 180 g/mol. The maximum absolute atomic E-state index is 3.99. The molecule has 76 valence electrons. The third kappa shape index (κ3) is 5.68. The Morgan fingerprint density at radius 2 is 2.00 bits per heavy atom. The Kier molecular flexibility index (Phi) is 6.66. The van der Waals surface area contributed by atoms with Crippen LogP contribution in [0, 0.1) is 5.92 Å². The van der Waals surface area contributed by atoms with Crippen molar-refractivity contribution in [3.8, 4) is 0 Å². The van der Waals surface area contributed by atoms with Gasteiger partial charge in [0.1, 0.15) is 0 Å². The van der Waals surface area contributed by atoms with Gasteiger partial charge in [0.25, 0.3) is 0 Å². The van der Waals surface area contributed by atoms with E-state index in [0.29, 0.717) is 5.92 Å². The van der Waals surface area contributed by atoms with E-state index in [1.165, 1.54) is 30.4 Å². The number of unbranched alkanes of at least 4 members (excludes halogenated alkanes) is 1.